The van der Waals surface area contributed by atoms with E-state index in [1.807, 2.05) is 33.2 Å². The number of halogens is 1. The van der Waals surface area contributed by atoms with Crippen molar-refractivity contribution in [1.82, 2.24) is 10.2 Å². The van der Waals surface area contributed by atoms with E-state index in [1.165, 1.54) is 16.2 Å². The van der Waals surface area contributed by atoms with Gasteiger partial charge in [-0.3, -0.25) is 4.79 Å². The Morgan fingerprint density at radius 1 is 1.50 bits per heavy atom. The van der Waals surface area contributed by atoms with Crippen molar-refractivity contribution >= 4 is 44.5 Å². The van der Waals surface area contributed by atoms with E-state index in [4.69, 9.17) is 0 Å². The molecule has 20 heavy (non-hydrogen) atoms. The van der Waals surface area contributed by atoms with Gasteiger partial charge < -0.3 is 10.2 Å². The third-order valence-corrected chi connectivity index (χ3v) is 6.14. The SMILES string of the molecule is Cc1cc(C(=O)NCC(c2cccs2)N(C)C)sc1Br. The van der Waals surface area contributed by atoms with E-state index in [2.05, 4.69) is 37.6 Å². The third kappa shape index (κ3) is 3.69. The number of thiophene rings is 2. The van der Waals surface area contributed by atoms with Gasteiger partial charge in [-0.25, -0.2) is 0 Å². The first-order chi connectivity index (χ1) is 9.49. The average Bonchev–Trinajstić information content (AvgIpc) is 3.00. The molecule has 3 nitrogen and oxygen atoms in total. The van der Waals surface area contributed by atoms with Crippen LogP contribution in [0.4, 0.5) is 0 Å². The van der Waals surface area contributed by atoms with Crippen LogP contribution >= 0.6 is 38.6 Å². The molecule has 0 aliphatic rings. The van der Waals surface area contributed by atoms with Crippen molar-refractivity contribution in [2.75, 3.05) is 20.6 Å². The van der Waals surface area contributed by atoms with Crippen LogP contribution in [0.15, 0.2) is 27.4 Å². The molecule has 0 fully saturated rings. The number of amides is 1. The Kier molecular flexibility index (Phi) is 5.37. The van der Waals surface area contributed by atoms with E-state index in [0.29, 0.717) is 6.54 Å². The van der Waals surface area contributed by atoms with E-state index in [9.17, 15) is 4.79 Å². The molecule has 0 aliphatic heterocycles. The number of carbonyl (C=O) groups excluding carboxylic acids is 1. The van der Waals surface area contributed by atoms with Crippen molar-refractivity contribution in [3.8, 4) is 0 Å². The predicted molar refractivity (Wildman–Crippen MR) is 89.8 cm³/mol. The van der Waals surface area contributed by atoms with Gasteiger partial charge in [0, 0.05) is 11.4 Å². The average molecular weight is 373 g/mol. The number of nitrogens with one attached hydrogen (secondary N) is 1. The summed E-state index contributed by atoms with van der Waals surface area (Å²) in [6.45, 7) is 2.60. The molecule has 0 saturated heterocycles. The van der Waals surface area contributed by atoms with Gasteiger partial charge in [-0.05, 0) is 60.0 Å². The highest BCUT2D eigenvalue weighted by molar-refractivity contribution is 9.11. The van der Waals surface area contributed by atoms with Gasteiger partial charge in [0.2, 0.25) is 0 Å². The summed E-state index contributed by atoms with van der Waals surface area (Å²) < 4.78 is 1.02. The largest absolute Gasteiger partial charge is 0.349 e. The summed E-state index contributed by atoms with van der Waals surface area (Å²) in [7, 11) is 4.06. The van der Waals surface area contributed by atoms with Crippen LogP contribution in [0, 0.1) is 6.92 Å². The topological polar surface area (TPSA) is 32.3 Å². The Labute approximate surface area is 135 Å². The second-order valence-electron chi connectivity index (χ2n) is 4.77. The summed E-state index contributed by atoms with van der Waals surface area (Å²) in [5.74, 6) is -0.00722. The maximum atomic E-state index is 12.2. The van der Waals surface area contributed by atoms with Gasteiger partial charge in [-0.15, -0.1) is 22.7 Å². The van der Waals surface area contributed by atoms with Crippen molar-refractivity contribution in [3.05, 3.63) is 42.7 Å². The molecule has 6 heteroatoms. The van der Waals surface area contributed by atoms with E-state index in [-0.39, 0.29) is 11.9 Å². The normalized spacial score (nSPS) is 12.7. The summed E-state index contributed by atoms with van der Waals surface area (Å²) >= 11 is 6.64. The summed E-state index contributed by atoms with van der Waals surface area (Å²) in [5.41, 5.74) is 1.10. The molecule has 1 amide bonds. The number of hydrogen-bond acceptors (Lipinski definition) is 4. The smallest absolute Gasteiger partial charge is 0.261 e. The molecule has 2 heterocycles. The first-order valence-corrected chi connectivity index (χ1v) is 8.72. The predicted octanol–water partition coefficient (Wildman–Crippen LogP) is 3.91. The maximum Gasteiger partial charge on any atom is 0.261 e. The standard InChI is InChI=1S/C14H17BrN2OS2/c1-9-7-12(20-13(9)15)14(18)16-8-10(17(2)3)11-5-4-6-19-11/h4-7,10H,8H2,1-3H3,(H,16,18). The van der Waals surface area contributed by atoms with Crippen molar-refractivity contribution in [2.45, 2.75) is 13.0 Å². The zero-order valence-corrected chi connectivity index (χ0v) is 14.9. The van der Waals surface area contributed by atoms with E-state index < -0.39 is 0 Å². The zero-order valence-electron chi connectivity index (χ0n) is 11.6. The maximum absolute atomic E-state index is 12.2. The van der Waals surface area contributed by atoms with E-state index >= 15 is 0 Å². The van der Waals surface area contributed by atoms with Crippen molar-refractivity contribution < 1.29 is 4.79 Å². The Morgan fingerprint density at radius 3 is 2.75 bits per heavy atom. The quantitative estimate of drug-likeness (QED) is 0.862. The highest BCUT2D eigenvalue weighted by Gasteiger charge is 2.17. The monoisotopic (exact) mass is 372 g/mol. The van der Waals surface area contributed by atoms with Crippen LogP contribution in [-0.2, 0) is 0 Å². The first kappa shape index (κ1) is 15.7. The summed E-state index contributed by atoms with van der Waals surface area (Å²) in [6, 6.07) is 6.27. The minimum atomic E-state index is -0.00722. The second kappa shape index (κ2) is 6.85. The van der Waals surface area contributed by atoms with Gasteiger partial charge in [0.25, 0.3) is 5.91 Å². The Balaban J connectivity index is 2.01. The minimum Gasteiger partial charge on any atom is -0.349 e. The van der Waals surface area contributed by atoms with Crippen molar-refractivity contribution in [1.29, 1.82) is 0 Å². The lowest BCUT2D eigenvalue weighted by atomic mass is 10.2. The summed E-state index contributed by atoms with van der Waals surface area (Å²) in [5, 5.41) is 5.09. The fourth-order valence-corrected chi connectivity index (χ4v) is 4.24. The number of likely N-dealkylation sites (N-methyl/N-ethyl adjacent to an activating group) is 1. The van der Waals surface area contributed by atoms with Crippen LogP contribution in [0.5, 0.6) is 0 Å². The number of nitrogens with zero attached hydrogens (tertiary/aromatic N) is 1. The van der Waals surface area contributed by atoms with Gasteiger partial charge in [-0.2, -0.15) is 0 Å². The molecule has 0 bridgehead atoms. The molecule has 1 N–H and O–H groups in total. The fraction of sp³-hybridized carbons (Fsp3) is 0.357. The number of hydrogen-bond donors (Lipinski definition) is 1. The van der Waals surface area contributed by atoms with Gasteiger partial charge in [0.15, 0.2) is 0 Å². The van der Waals surface area contributed by atoms with Gasteiger partial charge in [-0.1, -0.05) is 6.07 Å². The van der Waals surface area contributed by atoms with Gasteiger partial charge >= 0.3 is 0 Å². The Hall–Kier alpha value is -0.690. The molecule has 108 valence electrons. The lowest BCUT2D eigenvalue weighted by Gasteiger charge is -2.23. The summed E-state index contributed by atoms with van der Waals surface area (Å²) in [4.78, 5) is 16.3. The Morgan fingerprint density at radius 2 is 2.25 bits per heavy atom. The molecule has 0 aliphatic carbocycles. The molecule has 0 radical (unpaired) electrons. The fourth-order valence-electron chi connectivity index (χ4n) is 1.87. The van der Waals surface area contributed by atoms with E-state index in [1.54, 1.807) is 11.3 Å². The molecular weight excluding hydrogens is 356 g/mol. The lowest BCUT2D eigenvalue weighted by Crippen LogP contribution is -2.33. The van der Waals surface area contributed by atoms with Gasteiger partial charge in [0.05, 0.1) is 14.7 Å². The van der Waals surface area contributed by atoms with Crippen molar-refractivity contribution in [2.24, 2.45) is 0 Å². The summed E-state index contributed by atoms with van der Waals surface area (Å²) in [6.07, 6.45) is 0. The zero-order chi connectivity index (χ0) is 14.7. The third-order valence-electron chi connectivity index (χ3n) is 3.03. The van der Waals surface area contributed by atoms with Crippen LogP contribution in [0.3, 0.4) is 0 Å². The molecule has 0 saturated carbocycles. The molecule has 1 atom stereocenters. The first-order valence-electron chi connectivity index (χ1n) is 6.23. The van der Waals surface area contributed by atoms with Crippen LogP contribution in [0.2, 0.25) is 0 Å². The molecule has 2 rings (SSSR count). The lowest BCUT2D eigenvalue weighted by molar-refractivity contribution is 0.0946. The minimum absolute atomic E-state index is 0.00722. The molecule has 1 unspecified atom stereocenters. The molecule has 0 spiro atoms. The highest BCUT2D eigenvalue weighted by Crippen LogP contribution is 2.27. The Bertz CT molecular complexity index is 559. The molecule has 2 aromatic heterocycles. The second-order valence-corrected chi connectivity index (χ2v) is 8.12. The van der Waals surface area contributed by atoms with Crippen LogP contribution in [0.1, 0.15) is 26.2 Å². The highest BCUT2D eigenvalue weighted by atomic mass is 79.9. The van der Waals surface area contributed by atoms with Crippen LogP contribution in [-0.4, -0.2) is 31.4 Å². The van der Waals surface area contributed by atoms with E-state index in [0.717, 1.165) is 14.2 Å². The molecule has 2 aromatic rings. The molecule has 0 aromatic carbocycles. The van der Waals surface area contributed by atoms with Crippen LogP contribution in [0.25, 0.3) is 0 Å². The van der Waals surface area contributed by atoms with Crippen molar-refractivity contribution in [3.63, 3.8) is 0 Å². The van der Waals surface area contributed by atoms with Gasteiger partial charge in [0.1, 0.15) is 0 Å². The number of rotatable bonds is 5. The van der Waals surface area contributed by atoms with Crippen LogP contribution < -0.4 is 5.32 Å². The number of carbonyl (C=O) groups is 1. The molecular formula is C14H17BrN2OS2. The number of aryl methyl sites for hydroxylation is 1.